The fraction of sp³-hybridized carbons (Fsp3) is 0.667. The predicted molar refractivity (Wildman–Crippen MR) is 103 cm³/mol. The minimum Gasteiger partial charge on any atom is -0.493 e. The van der Waals surface area contributed by atoms with Crippen LogP contribution in [0, 0.1) is 0 Å². The highest BCUT2D eigenvalue weighted by atomic mass is 16.6. The van der Waals surface area contributed by atoms with E-state index in [2.05, 4.69) is 13.0 Å². The second-order valence-electron chi connectivity index (χ2n) is 7.86. The smallest absolute Gasteiger partial charge is 0.410 e. The molecule has 146 valence electrons. The van der Waals surface area contributed by atoms with Gasteiger partial charge in [0.25, 0.3) is 0 Å². The molecule has 2 rings (SSSR count). The standard InChI is InChI=1S/C21H33NO4/c1-7-8-13-22(20(23)26-21(2,3)4)16-10-11-17-15(14-16)9-12-18(24-5)19(17)25-6/h9,12,16H,7-8,10-11,13-14H2,1-6H3/t16-/m0/s1. The Morgan fingerprint density at radius 2 is 1.96 bits per heavy atom. The van der Waals surface area contributed by atoms with Gasteiger partial charge in [-0.2, -0.15) is 0 Å². The highest BCUT2D eigenvalue weighted by Gasteiger charge is 2.32. The SMILES string of the molecule is CCCCN(C(=O)OC(C)(C)C)[C@H]1CCc2c(ccc(OC)c2OC)C1. The van der Waals surface area contributed by atoms with Crippen molar-refractivity contribution in [3.63, 3.8) is 0 Å². The lowest BCUT2D eigenvalue weighted by atomic mass is 9.86. The van der Waals surface area contributed by atoms with E-state index < -0.39 is 5.60 Å². The van der Waals surface area contributed by atoms with E-state index in [1.165, 1.54) is 11.1 Å². The molecule has 1 amide bonds. The molecule has 1 aliphatic rings. The number of hydrogen-bond donors (Lipinski definition) is 0. The van der Waals surface area contributed by atoms with Crippen molar-refractivity contribution in [3.8, 4) is 11.5 Å². The van der Waals surface area contributed by atoms with Crippen LogP contribution in [0.3, 0.4) is 0 Å². The van der Waals surface area contributed by atoms with E-state index in [0.29, 0.717) is 0 Å². The van der Waals surface area contributed by atoms with Crippen LogP contribution < -0.4 is 9.47 Å². The molecule has 0 N–H and O–H groups in total. The summed E-state index contributed by atoms with van der Waals surface area (Å²) in [4.78, 5) is 14.7. The van der Waals surface area contributed by atoms with Crippen LogP contribution in [-0.4, -0.2) is 43.4 Å². The van der Waals surface area contributed by atoms with Gasteiger partial charge >= 0.3 is 6.09 Å². The maximum atomic E-state index is 12.8. The number of hydrogen-bond acceptors (Lipinski definition) is 4. The number of rotatable bonds is 6. The van der Waals surface area contributed by atoms with Gasteiger partial charge in [0, 0.05) is 18.2 Å². The first-order chi connectivity index (χ1) is 12.3. The second-order valence-corrected chi connectivity index (χ2v) is 7.86. The summed E-state index contributed by atoms with van der Waals surface area (Å²) in [6.45, 7) is 8.61. The van der Waals surface area contributed by atoms with Crippen molar-refractivity contribution in [2.75, 3.05) is 20.8 Å². The molecule has 1 atom stereocenters. The Morgan fingerprint density at radius 1 is 1.23 bits per heavy atom. The topological polar surface area (TPSA) is 48.0 Å². The summed E-state index contributed by atoms with van der Waals surface area (Å²) >= 11 is 0. The molecular weight excluding hydrogens is 330 g/mol. The van der Waals surface area contributed by atoms with Gasteiger partial charge in [0.15, 0.2) is 11.5 Å². The number of benzene rings is 1. The van der Waals surface area contributed by atoms with Crippen molar-refractivity contribution in [1.82, 2.24) is 4.90 Å². The fourth-order valence-electron chi connectivity index (χ4n) is 3.50. The summed E-state index contributed by atoms with van der Waals surface area (Å²) in [5, 5.41) is 0. The normalized spacial score (nSPS) is 16.6. The highest BCUT2D eigenvalue weighted by molar-refractivity contribution is 5.69. The van der Waals surface area contributed by atoms with Gasteiger partial charge in [-0.1, -0.05) is 19.4 Å². The van der Waals surface area contributed by atoms with E-state index >= 15 is 0 Å². The van der Waals surface area contributed by atoms with E-state index in [0.717, 1.165) is 50.1 Å². The second kappa shape index (κ2) is 8.65. The summed E-state index contributed by atoms with van der Waals surface area (Å²) in [5.74, 6) is 1.58. The third-order valence-corrected chi connectivity index (χ3v) is 4.75. The van der Waals surface area contributed by atoms with Crippen LogP contribution in [0.2, 0.25) is 0 Å². The number of carbonyl (C=O) groups is 1. The van der Waals surface area contributed by atoms with Crippen LogP contribution in [0.1, 0.15) is 58.1 Å². The Hall–Kier alpha value is -1.91. The lowest BCUT2D eigenvalue weighted by Gasteiger charge is -2.36. The molecule has 0 radical (unpaired) electrons. The Labute approximate surface area is 157 Å². The van der Waals surface area contributed by atoms with Gasteiger partial charge in [0.1, 0.15) is 5.60 Å². The summed E-state index contributed by atoms with van der Waals surface area (Å²) < 4.78 is 16.7. The van der Waals surface area contributed by atoms with Crippen molar-refractivity contribution in [2.45, 2.75) is 71.4 Å². The molecule has 1 aromatic rings. The number of methoxy groups -OCH3 is 2. The van der Waals surface area contributed by atoms with Crippen LogP contribution in [0.5, 0.6) is 11.5 Å². The maximum Gasteiger partial charge on any atom is 0.410 e. The highest BCUT2D eigenvalue weighted by Crippen LogP contribution is 2.38. The zero-order valence-electron chi connectivity index (χ0n) is 17.1. The average Bonchev–Trinajstić information content (AvgIpc) is 2.59. The summed E-state index contributed by atoms with van der Waals surface area (Å²) in [6.07, 6.45) is 4.41. The molecule has 5 nitrogen and oxygen atoms in total. The number of amides is 1. The van der Waals surface area contributed by atoms with Crippen molar-refractivity contribution >= 4 is 6.09 Å². The molecule has 5 heteroatoms. The molecule has 26 heavy (non-hydrogen) atoms. The largest absolute Gasteiger partial charge is 0.493 e. The Balaban J connectivity index is 2.23. The van der Waals surface area contributed by atoms with Gasteiger partial charge in [-0.05, 0) is 58.1 Å². The molecule has 0 aromatic heterocycles. The summed E-state index contributed by atoms with van der Waals surface area (Å²) in [7, 11) is 3.34. The minimum atomic E-state index is -0.481. The number of carbonyl (C=O) groups excluding carboxylic acids is 1. The first-order valence-electron chi connectivity index (χ1n) is 9.53. The molecule has 0 heterocycles. The number of ether oxygens (including phenoxy) is 3. The number of fused-ring (bicyclic) bond motifs is 1. The fourth-order valence-corrected chi connectivity index (χ4v) is 3.50. The molecule has 1 aromatic carbocycles. The summed E-state index contributed by atoms with van der Waals surface area (Å²) in [5.41, 5.74) is 1.94. The molecule has 0 spiro atoms. The van der Waals surface area contributed by atoms with E-state index in [-0.39, 0.29) is 12.1 Å². The van der Waals surface area contributed by atoms with Gasteiger partial charge in [0.2, 0.25) is 0 Å². The lowest BCUT2D eigenvalue weighted by molar-refractivity contribution is 0.0143. The molecule has 0 saturated carbocycles. The molecule has 0 aliphatic heterocycles. The maximum absolute atomic E-state index is 12.8. The zero-order chi connectivity index (χ0) is 19.3. The third kappa shape index (κ3) is 4.83. The third-order valence-electron chi connectivity index (χ3n) is 4.75. The van der Waals surface area contributed by atoms with Crippen molar-refractivity contribution < 1.29 is 19.0 Å². The van der Waals surface area contributed by atoms with Crippen LogP contribution >= 0.6 is 0 Å². The van der Waals surface area contributed by atoms with E-state index in [9.17, 15) is 4.79 Å². The Bertz CT molecular complexity index is 621. The monoisotopic (exact) mass is 363 g/mol. The molecular formula is C21H33NO4. The number of unbranched alkanes of at least 4 members (excludes halogenated alkanes) is 1. The van der Waals surface area contributed by atoms with Crippen LogP contribution in [0.4, 0.5) is 4.79 Å². The average molecular weight is 363 g/mol. The van der Waals surface area contributed by atoms with Crippen molar-refractivity contribution in [2.24, 2.45) is 0 Å². The minimum absolute atomic E-state index is 0.155. The van der Waals surface area contributed by atoms with Gasteiger partial charge in [-0.15, -0.1) is 0 Å². The van der Waals surface area contributed by atoms with Crippen LogP contribution in [-0.2, 0) is 17.6 Å². The molecule has 0 bridgehead atoms. The molecule has 0 saturated heterocycles. The van der Waals surface area contributed by atoms with E-state index in [4.69, 9.17) is 14.2 Å². The van der Waals surface area contributed by atoms with Gasteiger partial charge in [-0.3, -0.25) is 0 Å². The van der Waals surface area contributed by atoms with Gasteiger partial charge in [-0.25, -0.2) is 4.79 Å². The lowest BCUT2D eigenvalue weighted by Crippen LogP contribution is -2.46. The predicted octanol–water partition coefficient (Wildman–Crippen LogP) is 4.60. The van der Waals surface area contributed by atoms with Gasteiger partial charge in [0.05, 0.1) is 14.2 Å². The molecule has 1 aliphatic carbocycles. The van der Waals surface area contributed by atoms with Crippen LogP contribution in [0.15, 0.2) is 12.1 Å². The summed E-state index contributed by atoms with van der Waals surface area (Å²) in [6, 6.07) is 4.20. The van der Waals surface area contributed by atoms with Crippen molar-refractivity contribution in [3.05, 3.63) is 23.3 Å². The quantitative estimate of drug-likeness (QED) is 0.741. The van der Waals surface area contributed by atoms with Crippen molar-refractivity contribution in [1.29, 1.82) is 0 Å². The number of nitrogens with zero attached hydrogens (tertiary/aromatic N) is 1. The van der Waals surface area contributed by atoms with Gasteiger partial charge < -0.3 is 19.1 Å². The Morgan fingerprint density at radius 3 is 2.54 bits per heavy atom. The molecule has 0 unspecified atom stereocenters. The van der Waals surface area contributed by atoms with E-state index in [1.807, 2.05) is 31.7 Å². The zero-order valence-corrected chi connectivity index (χ0v) is 17.1. The first kappa shape index (κ1) is 20.4. The Kier molecular flexibility index (Phi) is 6.79. The first-order valence-corrected chi connectivity index (χ1v) is 9.53. The van der Waals surface area contributed by atoms with E-state index in [1.54, 1.807) is 14.2 Å². The van der Waals surface area contributed by atoms with Crippen LogP contribution in [0.25, 0.3) is 0 Å². The molecule has 0 fully saturated rings.